The molecule has 0 heterocycles. The van der Waals surface area contributed by atoms with Gasteiger partial charge in [0.25, 0.3) is 10.2 Å². The summed E-state index contributed by atoms with van der Waals surface area (Å²) in [5.41, 5.74) is 2.19. The lowest BCUT2D eigenvalue weighted by atomic mass is 10.0. The summed E-state index contributed by atoms with van der Waals surface area (Å²) in [4.78, 5) is 0. The summed E-state index contributed by atoms with van der Waals surface area (Å²) in [6, 6.07) is 9.02. The van der Waals surface area contributed by atoms with Crippen molar-refractivity contribution < 1.29 is 27.4 Å². The van der Waals surface area contributed by atoms with E-state index in [0.29, 0.717) is 41.5 Å². The minimum Gasteiger partial charge on any atom is -0.495 e. The minimum absolute atomic E-state index is 0.294. The van der Waals surface area contributed by atoms with E-state index >= 15 is 0 Å². The molecule has 3 N–H and O–H groups in total. The Kier molecular flexibility index (Phi) is 6.75. The number of hydrogen-bond donors (Lipinski definition) is 2. The average molecular weight is 396 g/mol. The average Bonchev–Trinajstić information content (AvgIpc) is 2.64. The molecule has 148 valence electrons. The largest absolute Gasteiger partial charge is 0.495 e. The van der Waals surface area contributed by atoms with E-state index in [4.69, 9.17) is 24.1 Å². The number of anilines is 1. The predicted octanol–water partition coefficient (Wildman–Crippen LogP) is 2.12. The van der Waals surface area contributed by atoms with Crippen LogP contribution < -0.4 is 28.8 Å². The Morgan fingerprint density at radius 2 is 1.37 bits per heavy atom. The Bertz CT molecular complexity index is 874. The quantitative estimate of drug-likeness (QED) is 0.672. The molecule has 0 aromatic heterocycles. The summed E-state index contributed by atoms with van der Waals surface area (Å²) < 4.78 is 46.1. The molecule has 0 radical (unpaired) electrons. The summed E-state index contributed by atoms with van der Waals surface area (Å²) in [7, 11) is 2.24. The Hall–Kier alpha value is -2.65. The molecule has 0 aliphatic carbocycles. The Labute approximate surface area is 159 Å². The van der Waals surface area contributed by atoms with Crippen LogP contribution in [0.4, 0.5) is 5.69 Å². The van der Waals surface area contributed by atoms with Gasteiger partial charge in [-0.3, -0.25) is 4.72 Å². The van der Waals surface area contributed by atoms with Gasteiger partial charge in [0.1, 0.15) is 5.75 Å². The molecule has 27 heavy (non-hydrogen) atoms. The third-order valence-electron chi connectivity index (χ3n) is 3.94. The van der Waals surface area contributed by atoms with Crippen molar-refractivity contribution in [1.29, 1.82) is 0 Å². The summed E-state index contributed by atoms with van der Waals surface area (Å²) in [6.45, 7) is 0. The molecule has 0 fully saturated rings. The van der Waals surface area contributed by atoms with Crippen molar-refractivity contribution >= 4 is 15.9 Å². The van der Waals surface area contributed by atoms with Crippen LogP contribution in [0.15, 0.2) is 30.3 Å². The molecule has 2 aromatic rings. The van der Waals surface area contributed by atoms with Gasteiger partial charge in [0.2, 0.25) is 5.75 Å². The SMILES string of the molecule is COc1ccc(CCc2cc(OC)c(OC)c(OC)c2)cc1NS(N)(=O)=O. The number of methoxy groups -OCH3 is 4. The second-order valence-electron chi connectivity index (χ2n) is 5.72. The number of rotatable bonds is 9. The second-order valence-corrected chi connectivity index (χ2v) is 7.01. The lowest BCUT2D eigenvalue weighted by Crippen LogP contribution is -2.22. The molecule has 0 atom stereocenters. The zero-order chi connectivity index (χ0) is 20.0. The smallest absolute Gasteiger partial charge is 0.296 e. The van der Waals surface area contributed by atoms with E-state index < -0.39 is 10.2 Å². The van der Waals surface area contributed by atoms with Crippen LogP contribution in [0.1, 0.15) is 11.1 Å². The molecule has 0 bridgehead atoms. The van der Waals surface area contributed by atoms with Crippen molar-refractivity contribution in [2.75, 3.05) is 33.2 Å². The fraction of sp³-hybridized carbons (Fsp3) is 0.333. The first-order chi connectivity index (χ1) is 12.8. The molecule has 0 saturated heterocycles. The van der Waals surface area contributed by atoms with Crippen molar-refractivity contribution in [2.24, 2.45) is 5.14 Å². The summed E-state index contributed by atoms with van der Waals surface area (Å²) in [5.74, 6) is 2.09. The van der Waals surface area contributed by atoms with Crippen molar-refractivity contribution in [3.8, 4) is 23.0 Å². The van der Waals surface area contributed by atoms with E-state index in [0.717, 1.165) is 11.1 Å². The fourth-order valence-corrected chi connectivity index (χ4v) is 3.18. The molecular formula is C18H24N2O6S. The maximum atomic E-state index is 11.3. The van der Waals surface area contributed by atoms with Crippen LogP contribution in [0.25, 0.3) is 0 Å². The zero-order valence-corrected chi connectivity index (χ0v) is 16.6. The fourth-order valence-electron chi connectivity index (χ4n) is 2.71. The van der Waals surface area contributed by atoms with Gasteiger partial charge < -0.3 is 18.9 Å². The van der Waals surface area contributed by atoms with E-state index in [1.807, 2.05) is 18.2 Å². The van der Waals surface area contributed by atoms with Gasteiger partial charge in [0, 0.05) is 0 Å². The van der Waals surface area contributed by atoms with Crippen molar-refractivity contribution in [3.05, 3.63) is 41.5 Å². The predicted molar refractivity (Wildman–Crippen MR) is 103 cm³/mol. The van der Waals surface area contributed by atoms with Crippen LogP contribution in [0.5, 0.6) is 23.0 Å². The van der Waals surface area contributed by atoms with Crippen LogP contribution in [-0.4, -0.2) is 36.9 Å². The second kappa shape index (κ2) is 8.83. The lowest BCUT2D eigenvalue weighted by molar-refractivity contribution is 0.324. The molecule has 0 spiro atoms. The van der Waals surface area contributed by atoms with Gasteiger partial charge >= 0.3 is 0 Å². The summed E-state index contributed by atoms with van der Waals surface area (Å²) >= 11 is 0. The third kappa shape index (κ3) is 5.41. The van der Waals surface area contributed by atoms with Crippen molar-refractivity contribution in [1.82, 2.24) is 0 Å². The van der Waals surface area contributed by atoms with Crippen molar-refractivity contribution in [2.45, 2.75) is 12.8 Å². The summed E-state index contributed by atoms with van der Waals surface area (Å²) in [5, 5.41) is 5.06. The number of nitrogens with one attached hydrogen (secondary N) is 1. The van der Waals surface area contributed by atoms with Crippen LogP contribution in [0.3, 0.4) is 0 Å². The van der Waals surface area contributed by atoms with E-state index in [9.17, 15) is 8.42 Å². The molecular weight excluding hydrogens is 372 g/mol. The van der Waals surface area contributed by atoms with Crippen LogP contribution in [-0.2, 0) is 23.1 Å². The number of ether oxygens (including phenoxy) is 4. The molecule has 2 aromatic carbocycles. The van der Waals surface area contributed by atoms with Gasteiger partial charge in [0.05, 0.1) is 34.1 Å². The highest BCUT2D eigenvalue weighted by molar-refractivity contribution is 7.90. The molecule has 9 heteroatoms. The van der Waals surface area contributed by atoms with E-state index in [1.54, 1.807) is 33.5 Å². The van der Waals surface area contributed by atoms with Crippen molar-refractivity contribution in [3.63, 3.8) is 0 Å². The number of benzene rings is 2. The van der Waals surface area contributed by atoms with E-state index in [2.05, 4.69) is 4.72 Å². The first-order valence-electron chi connectivity index (χ1n) is 8.07. The van der Waals surface area contributed by atoms with Gasteiger partial charge in [-0.15, -0.1) is 0 Å². The Morgan fingerprint density at radius 3 is 1.85 bits per heavy atom. The Balaban J connectivity index is 2.25. The molecule has 0 aliphatic rings. The molecule has 0 saturated carbocycles. The normalized spacial score (nSPS) is 11.0. The first kappa shape index (κ1) is 20.7. The standard InChI is InChI=1S/C18H24N2O6S/c1-23-15-8-7-12(9-14(15)20-27(19,21)22)5-6-13-10-16(24-2)18(26-4)17(11-13)25-3/h7-11,20H,5-6H2,1-4H3,(H2,19,21,22). The minimum atomic E-state index is -3.90. The molecule has 2 rings (SSSR count). The van der Waals surface area contributed by atoms with Gasteiger partial charge in [-0.2, -0.15) is 8.42 Å². The highest BCUT2D eigenvalue weighted by Gasteiger charge is 2.14. The highest BCUT2D eigenvalue weighted by atomic mass is 32.2. The third-order valence-corrected chi connectivity index (χ3v) is 4.45. The zero-order valence-electron chi connectivity index (χ0n) is 15.7. The topological polar surface area (TPSA) is 109 Å². The maximum absolute atomic E-state index is 11.3. The molecule has 8 nitrogen and oxygen atoms in total. The maximum Gasteiger partial charge on any atom is 0.296 e. The first-order valence-corrected chi connectivity index (χ1v) is 9.62. The van der Waals surface area contributed by atoms with Gasteiger partial charge in [-0.05, 0) is 48.2 Å². The Morgan fingerprint density at radius 1 is 0.815 bits per heavy atom. The lowest BCUT2D eigenvalue weighted by Gasteiger charge is -2.15. The van der Waals surface area contributed by atoms with E-state index in [1.165, 1.54) is 7.11 Å². The van der Waals surface area contributed by atoms with Crippen LogP contribution in [0, 0.1) is 0 Å². The number of hydrogen-bond acceptors (Lipinski definition) is 6. The van der Waals surface area contributed by atoms with Gasteiger partial charge in [-0.25, -0.2) is 5.14 Å². The van der Waals surface area contributed by atoms with Gasteiger partial charge in [0.15, 0.2) is 11.5 Å². The summed E-state index contributed by atoms with van der Waals surface area (Å²) in [6.07, 6.45) is 1.33. The number of nitrogens with two attached hydrogens (primary N) is 1. The van der Waals surface area contributed by atoms with Crippen LogP contribution in [0.2, 0.25) is 0 Å². The molecule has 0 amide bonds. The van der Waals surface area contributed by atoms with E-state index in [-0.39, 0.29) is 0 Å². The molecule has 0 unspecified atom stereocenters. The monoisotopic (exact) mass is 396 g/mol. The number of aryl methyl sites for hydroxylation is 2. The highest BCUT2D eigenvalue weighted by Crippen LogP contribution is 2.38. The van der Waals surface area contributed by atoms with Gasteiger partial charge in [-0.1, -0.05) is 6.07 Å². The molecule has 0 aliphatic heterocycles. The van der Waals surface area contributed by atoms with Crippen LogP contribution >= 0.6 is 0 Å².